The van der Waals surface area contributed by atoms with E-state index in [1.54, 1.807) is 7.11 Å². The molecular weight excluding hydrogens is 266 g/mol. The smallest absolute Gasteiger partial charge is 0.189 e. The van der Waals surface area contributed by atoms with Gasteiger partial charge in [-0.2, -0.15) is 0 Å². The zero-order chi connectivity index (χ0) is 15.4. The first-order valence-electron chi connectivity index (χ1n) is 7.04. The molecule has 3 N–H and O–H groups in total. The van der Waals surface area contributed by atoms with Gasteiger partial charge in [0, 0.05) is 24.1 Å². The Morgan fingerprint density at radius 2 is 2.33 bits per heavy atom. The van der Waals surface area contributed by atoms with Gasteiger partial charge < -0.3 is 20.5 Å². The van der Waals surface area contributed by atoms with Gasteiger partial charge in [0.1, 0.15) is 17.6 Å². The van der Waals surface area contributed by atoms with Crippen molar-refractivity contribution in [1.29, 1.82) is 0 Å². The lowest BCUT2D eigenvalue weighted by Gasteiger charge is -2.10. The Labute approximate surface area is 125 Å². The topological polar surface area (TPSA) is 68.9 Å². The van der Waals surface area contributed by atoms with Crippen molar-refractivity contribution in [2.45, 2.75) is 32.9 Å². The number of rotatable bonds is 5. The van der Waals surface area contributed by atoms with Gasteiger partial charge in [-0.3, -0.25) is 0 Å². The molecule has 2 rings (SSSR count). The van der Waals surface area contributed by atoms with Crippen molar-refractivity contribution < 1.29 is 9.47 Å². The second-order valence-electron chi connectivity index (χ2n) is 5.42. The van der Waals surface area contributed by atoms with Gasteiger partial charge in [0.15, 0.2) is 5.96 Å². The molecule has 1 aliphatic rings. The lowest BCUT2D eigenvalue weighted by molar-refractivity contribution is 0.254. The number of ether oxygens (including phenoxy) is 2. The molecule has 1 atom stereocenters. The molecule has 0 bridgehead atoms. The zero-order valence-electron chi connectivity index (χ0n) is 12.9. The van der Waals surface area contributed by atoms with Crippen molar-refractivity contribution in [3.05, 3.63) is 35.4 Å². The molecule has 5 heteroatoms. The first-order valence-corrected chi connectivity index (χ1v) is 7.04. The van der Waals surface area contributed by atoms with Crippen molar-refractivity contribution in [3.8, 4) is 11.5 Å². The standard InChI is InChI=1S/C16H23N3O2/c1-10(2)8-18-16(17)19-9-13-7-15-12(5-11(3)21-15)6-14(13)20-4/h6-7,11H,1,5,8-9H2,2-4H3,(H3,17,18,19). The fourth-order valence-electron chi connectivity index (χ4n) is 2.26. The van der Waals surface area contributed by atoms with E-state index in [-0.39, 0.29) is 6.10 Å². The Balaban J connectivity index is 2.11. The first kappa shape index (κ1) is 15.2. The monoisotopic (exact) mass is 289 g/mol. The summed E-state index contributed by atoms with van der Waals surface area (Å²) in [7, 11) is 1.66. The SMILES string of the molecule is C=C(C)CNC(N)=NCc1cc2c(cc1OC)CC(C)O2. The number of fused-ring (bicyclic) bond motifs is 1. The van der Waals surface area contributed by atoms with Gasteiger partial charge in [-0.1, -0.05) is 12.2 Å². The van der Waals surface area contributed by atoms with Crippen LogP contribution in [0.3, 0.4) is 0 Å². The van der Waals surface area contributed by atoms with E-state index in [0.29, 0.717) is 19.0 Å². The molecule has 0 aliphatic carbocycles. The second-order valence-corrected chi connectivity index (χ2v) is 5.42. The number of nitrogens with zero attached hydrogens (tertiary/aromatic N) is 1. The molecule has 114 valence electrons. The summed E-state index contributed by atoms with van der Waals surface area (Å²) in [5.74, 6) is 2.14. The minimum atomic E-state index is 0.214. The van der Waals surface area contributed by atoms with Crippen molar-refractivity contribution >= 4 is 5.96 Å². The number of aliphatic imine (C=N–C) groups is 1. The van der Waals surface area contributed by atoms with Crippen LogP contribution in [0.2, 0.25) is 0 Å². The second kappa shape index (κ2) is 6.52. The number of hydrogen-bond donors (Lipinski definition) is 2. The highest BCUT2D eigenvalue weighted by molar-refractivity contribution is 5.78. The van der Waals surface area contributed by atoms with Crippen molar-refractivity contribution in [2.75, 3.05) is 13.7 Å². The number of nitrogens with two attached hydrogens (primary N) is 1. The zero-order valence-corrected chi connectivity index (χ0v) is 12.9. The summed E-state index contributed by atoms with van der Waals surface area (Å²) in [6.45, 7) is 8.87. The van der Waals surface area contributed by atoms with Gasteiger partial charge in [-0.15, -0.1) is 0 Å². The van der Waals surface area contributed by atoms with Gasteiger partial charge >= 0.3 is 0 Å². The lowest BCUT2D eigenvalue weighted by Crippen LogP contribution is -2.32. The van der Waals surface area contributed by atoms with Crippen LogP contribution in [0.25, 0.3) is 0 Å². The fourth-order valence-corrected chi connectivity index (χ4v) is 2.26. The molecule has 1 aliphatic heterocycles. The highest BCUT2D eigenvalue weighted by atomic mass is 16.5. The van der Waals surface area contributed by atoms with Gasteiger partial charge in [-0.05, 0) is 26.0 Å². The molecule has 1 unspecified atom stereocenters. The third-order valence-electron chi connectivity index (χ3n) is 3.29. The van der Waals surface area contributed by atoms with E-state index in [1.165, 1.54) is 5.56 Å². The third-order valence-corrected chi connectivity index (χ3v) is 3.29. The summed E-state index contributed by atoms with van der Waals surface area (Å²) < 4.78 is 11.2. The Hall–Kier alpha value is -2.17. The maximum atomic E-state index is 5.82. The van der Waals surface area contributed by atoms with E-state index >= 15 is 0 Å². The van der Waals surface area contributed by atoms with Crippen molar-refractivity contribution in [3.63, 3.8) is 0 Å². The van der Waals surface area contributed by atoms with E-state index in [9.17, 15) is 0 Å². The number of benzene rings is 1. The molecule has 0 radical (unpaired) electrons. The quantitative estimate of drug-likeness (QED) is 0.494. The summed E-state index contributed by atoms with van der Waals surface area (Å²) >= 11 is 0. The Kier molecular flexibility index (Phi) is 4.73. The molecule has 0 saturated carbocycles. The number of nitrogens with one attached hydrogen (secondary N) is 1. The summed E-state index contributed by atoms with van der Waals surface area (Å²) in [6.07, 6.45) is 1.13. The predicted molar refractivity (Wildman–Crippen MR) is 84.9 cm³/mol. The van der Waals surface area contributed by atoms with E-state index in [4.69, 9.17) is 15.2 Å². The lowest BCUT2D eigenvalue weighted by atomic mass is 10.1. The summed E-state index contributed by atoms with van der Waals surface area (Å²) in [5.41, 5.74) is 8.97. The summed E-state index contributed by atoms with van der Waals surface area (Å²) in [5, 5.41) is 3.01. The molecule has 5 nitrogen and oxygen atoms in total. The largest absolute Gasteiger partial charge is 0.496 e. The molecule has 21 heavy (non-hydrogen) atoms. The van der Waals surface area contributed by atoms with Gasteiger partial charge in [-0.25, -0.2) is 4.99 Å². The molecule has 1 aromatic rings. The maximum absolute atomic E-state index is 5.82. The van der Waals surface area contributed by atoms with Crippen LogP contribution in [-0.2, 0) is 13.0 Å². The first-order chi connectivity index (χ1) is 9.99. The van der Waals surface area contributed by atoms with Crippen LogP contribution in [0.4, 0.5) is 0 Å². The third kappa shape index (κ3) is 3.90. The highest BCUT2D eigenvalue weighted by Crippen LogP contribution is 2.35. The van der Waals surface area contributed by atoms with Crippen LogP contribution in [0.15, 0.2) is 29.3 Å². The average molecular weight is 289 g/mol. The normalized spacial score (nSPS) is 17.1. The van der Waals surface area contributed by atoms with Crippen LogP contribution < -0.4 is 20.5 Å². The van der Waals surface area contributed by atoms with E-state index in [2.05, 4.69) is 23.8 Å². The molecule has 0 aromatic heterocycles. The summed E-state index contributed by atoms with van der Waals surface area (Å²) in [4.78, 5) is 4.33. The number of guanidine groups is 1. The predicted octanol–water partition coefficient (Wildman–Crippen LogP) is 2.00. The molecule has 1 heterocycles. The minimum Gasteiger partial charge on any atom is -0.496 e. The van der Waals surface area contributed by atoms with E-state index in [0.717, 1.165) is 29.1 Å². The molecular formula is C16H23N3O2. The maximum Gasteiger partial charge on any atom is 0.189 e. The molecule has 0 fully saturated rings. The van der Waals surface area contributed by atoms with Crippen molar-refractivity contribution in [1.82, 2.24) is 5.32 Å². The van der Waals surface area contributed by atoms with E-state index in [1.807, 2.05) is 19.1 Å². The highest BCUT2D eigenvalue weighted by Gasteiger charge is 2.21. The molecule has 0 amide bonds. The van der Waals surface area contributed by atoms with Crippen LogP contribution in [-0.4, -0.2) is 25.7 Å². The van der Waals surface area contributed by atoms with Crippen LogP contribution in [0, 0.1) is 0 Å². The number of methoxy groups -OCH3 is 1. The van der Waals surface area contributed by atoms with E-state index < -0.39 is 0 Å². The average Bonchev–Trinajstić information content (AvgIpc) is 2.80. The van der Waals surface area contributed by atoms with Gasteiger partial charge in [0.25, 0.3) is 0 Å². The van der Waals surface area contributed by atoms with Crippen LogP contribution >= 0.6 is 0 Å². The summed E-state index contributed by atoms with van der Waals surface area (Å²) in [6, 6.07) is 4.02. The van der Waals surface area contributed by atoms with Crippen LogP contribution in [0.1, 0.15) is 25.0 Å². The fraction of sp³-hybridized carbons (Fsp3) is 0.438. The molecule has 1 aromatic carbocycles. The van der Waals surface area contributed by atoms with Crippen LogP contribution in [0.5, 0.6) is 11.5 Å². The molecule has 0 saturated heterocycles. The Morgan fingerprint density at radius 3 is 3.00 bits per heavy atom. The van der Waals surface area contributed by atoms with Gasteiger partial charge in [0.05, 0.1) is 13.7 Å². The Morgan fingerprint density at radius 1 is 1.57 bits per heavy atom. The number of hydrogen-bond acceptors (Lipinski definition) is 3. The minimum absolute atomic E-state index is 0.214. The Bertz CT molecular complexity index is 567. The molecule has 0 spiro atoms. The van der Waals surface area contributed by atoms with Crippen molar-refractivity contribution in [2.24, 2.45) is 10.7 Å². The van der Waals surface area contributed by atoms with Gasteiger partial charge in [0.2, 0.25) is 0 Å².